The second kappa shape index (κ2) is 5.71. The fourth-order valence-electron chi connectivity index (χ4n) is 4.31. The zero-order valence-electron chi connectivity index (χ0n) is 14.2. The van der Waals surface area contributed by atoms with Crippen LogP contribution in [0.1, 0.15) is 36.9 Å². The molecule has 2 aromatic rings. The van der Waals surface area contributed by atoms with Gasteiger partial charge in [-0.2, -0.15) is 0 Å². The second-order valence-corrected chi connectivity index (χ2v) is 7.56. The summed E-state index contributed by atoms with van der Waals surface area (Å²) in [6.45, 7) is 4.76. The van der Waals surface area contributed by atoms with E-state index in [-0.39, 0.29) is 0 Å². The number of nitrogens with two attached hydrogens (primary N) is 1. The highest BCUT2D eigenvalue weighted by Gasteiger charge is 2.27. The largest absolute Gasteiger partial charge is 0.390 e. The SMILES string of the molecule is C[N+]1(CCNc2[nH][n+]3c4c(ccc3c2N)CCC4)CCCCC1. The molecule has 5 heteroatoms. The normalized spacial score (nSPS) is 19.9. The number of aryl methyl sites for hydroxylation is 2. The van der Waals surface area contributed by atoms with Crippen molar-refractivity contribution < 1.29 is 9.00 Å². The minimum absolute atomic E-state index is 0.848. The van der Waals surface area contributed by atoms with Gasteiger partial charge >= 0.3 is 0 Å². The van der Waals surface area contributed by atoms with Crippen LogP contribution in [0.3, 0.4) is 0 Å². The molecule has 0 spiro atoms. The number of hydrogen-bond acceptors (Lipinski definition) is 2. The van der Waals surface area contributed by atoms with Gasteiger partial charge in [0.25, 0.3) is 5.52 Å². The Bertz CT molecular complexity index is 712. The lowest BCUT2D eigenvalue weighted by molar-refractivity contribution is -0.912. The number of likely N-dealkylation sites (tertiary alicyclic amines) is 1. The van der Waals surface area contributed by atoms with Crippen molar-refractivity contribution in [2.24, 2.45) is 0 Å². The molecule has 4 rings (SSSR count). The molecule has 23 heavy (non-hydrogen) atoms. The molecular weight excluding hydrogens is 286 g/mol. The molecule has 124 valence electrons. The third-order valence-electron chi connectivity index (χ3n) is 5.80. The van der Waals surface area contributed by atoms with Crippen molar-refractivity contribution in [1.82, 2.24) is 5.10 Å². The molecule has 0 radical (unpaired) electrons. The van der Waals surface area contributed by atoms with E-state index < -0.39 is 0 Å². The van der Waals surface area contributed by atoms with Gasteiger partial charge in [0.05, 0.1) is 33.2 Å². The molecule has 0 atom stereocenters. The standard InChI is InChI=1S/C18H28N5/c1-23(11-3-2-4-12-23)13-10-20-18-17(19)16-9-8-14-6-5-7-15(14)22(16)21-18/h8-9H,2-7,10-13,19H2,1H3,(H,20,21)/q+1/p+1. The van der Waals surface area contributed by atoms with Gasteiger partial charge in [0.15, 0.2) is 11.5 Å². The van der Waals surface area contributed by atoms with Crippen LogP contribution in [0.2, 0.25) is 0 Å². The molecule has 1 aliphatic heterocycles. The van der Waals surface area contributed by atoms with Crippen LogP contribution in [0.25, 0.3) is 5.52 Å². The number of nitrogen functional groups attached to an aromatic ring is 1. The van der Waals surface area contributed by atoms with Gasteiger partial charge in [0, 0.05) is 18.1 Å². The van der Waals surface area contributed by atoms with Gasteiger partial charge in [-0.15, -0.1) is 5.10 Å². The summed E-state index contributed by atoms with van der Waals surface area (Å²) < 4.78 is 3.38. The molecule has 3 heterocycles. The second-order valence-electron chi connectivity index (χ2n) is 7.56. The smallest absolute Gasteiger partial charge is 0.262 e. The molecule has 2 aliphatic rings. The van der Waals surface area contributed by atoms with E-state index in [0.29, 0.717) is 0 Å². The number of fused-ring (bicyclic) bond motifs is 3. The predicted octanol–water partition coefficient (Wildman–Crippen LogP) is 1.87. The molecule has 0 bridgehead atoms. The van der Waals surface area contributed by atoms with Crippen LogP contribution < -0.4 is 15.6 Å². The maximum atomic E-state index is 6.37. The minimum Gasteiger partial charge on any atom is -0.390 e. The zero-order valence-corrected chi connectivity index (χ0v) is 14.2. The predicted molar refractivity (Wildman–Crippen MR) is 93.5 cm³/mol. The third kappa shape index (κ3) is 2.67. The number of hydrogen-bond donors (Lipinski definition) is 3. The maximum Gasteiger partial charge on any atom is 0.262 e. The van der Waals surface area contributed by atoms with Crippen LogP contribution in [0.4, 0.5) is 11.5 Å². The Labute approximate surface area is 138 Å². The number of piperidine rings is 1. The average molecular weight is 315 g/mol. The van der Waals surface area contributed by atoms with Crippen LogP contribution >= 0.6 is 0 Å². The van der Waals surface area contributed by atoms with Crippen molar-refractivity contribution in [3.8, 4) is 0 Å². The maximum absolute atomic E-state index is 6.37. The van der Waals surface area contributed by atoms with Crippen LogP contribution in [-0.2, 0) is 12.8 Å². The number of aromatic nitrogens is 2. The van der Waals surface area contributed by atoms with Crippen molar-refractivity contribution in [3.63, 3.8) is 0 Å². The van der Waals surface area contributed by atoms with E-state index in [9.17, 15) is 0 Å². The van der Waals surface area contributed by atoms with Gasteiger partial charge in [-0.25, -0.2) is 0 Å². The van der Waals surface area contributed by atoms with E-state index in [2.05, 4.69) is 34.1 Å². The molecule has 1 fully saturated rings. The van der Waals surface area contributed by atoms with E-state index in [1.54, 1.807) is 0 Å². The molecule has 2 aromatic heterocycles. The Balaban J connectivity index is 1.50. The average Bonchev–Trinajstić information content (AvgIpc) is 3.13. The van der Waals surface area contributed by atoms with Crippen LogP contribution in [0.15, 0.2) is 12.1 Å². The fourth-order valence-corrected chi connectivity index (χ4v) is 4.31. The summed E-state index contributed by atoms with van der Waals surface area (Å²) in [4.78, 5) is 0. The van der Waals surface area contributed by atoms with E-state index in [1.807, 2.05) is 0 Å². The first-order valence-corrected chi connectivity index (χ1v) is 9.08. The summed E-state index contributed by atoms with van der Waals surface area (Å²) in [5.41, 5.74) is 11.2. The Hall–Kier alpha value is -1.75. The van der Waals surface area contributed by atoms with Crippen molar-refractivity contribution in [2.75, 3.05) is 44.3 Å². The first kappa shape index (κ1) is 14.8. The number of H-pyrrole nitrogens is 1. The van der Waals surface area contributed by atoms with E-state index >= 15 is 0 Å². The van der Waals surface area contributed by atoms with Crippen LogP contribution in [-0.4, -0.2) is 42.8 Å². The first-order chi connectivity index (χ1) is 11.2. The topological polar surface area (TPSA) is 57.9 Å². The molecule has 5 nitrogen and oxygen atoms in total. The number of nitrogens with zero attached hydrogens (tertiary/aromatic N) is 2. The summed E-state index contributed by atoms with van der Waals surface area (Å²) >= 11 is 0. The lowest BCUT2D eigenvalue weighted by atomic mass is 10.1. The Kier molecular flexibility index (Phi) is 3.68. The molecule has 1 saturated heterocycles. The minimum atomic E-state index is 0.848. The van der Waals surface area contributed by atoms with E-state index in [0.717, 1.165) is 36.5 Å². The van der Waals surface area contributed by atoms with E-state index in [4.69, 9.17) is 5.73 Å². The van der Waals surface area contributed by atoms with Gasteiger partial charge in [-0.1, -0.05) is 4.52 Å². The number of rotatable bonds is 4. The quantitative estimate of drug-likeness (QED) is 0.596. The van der Waals surface area contributed by atoms with Crippen LogP contribution in [0.5, 0.6) is 0 Å². The van der Waals surface area contributed by atoms with Crippen molar-refractivity contribution >= 4 is 17.0 Å². The molecule has 0 saturated carbocycles. The van der Waals surface area contributed by atoms with Crippen LogP contribution in [0, 0.1) is 0 Å². The summed E-state index contributed by atoms with van der Waals surface area (Å²) in [5, 5.41) is 7.04. The molecule has 1 aliphatic carbocycles. The number of aromatic amines is 1. The van der Waals surface area contributed by atoms with E-state index in [1.165, 1.54) is 60.9 Å². The Morgan fingerprint density at radius 2 is 2.00 bits per heavy atom. The fraction of sp³-hybridized carbons (Fsp3) is 0.611. The van der Waals surface area contributed by atoms with Gasteiger partial charge in [-0.05, 0) is 38.2 Å². The summed E-state index contributed by atoms with van der Waals surface area (Å²) in [5.74, 6) is 0.980. The van der Waals surface area contributed by atoms with Gasteiger partial charge in [0.2, 0.25) is 5.69 Å². The molecular formula is C18H29N5+2. The summed E-state index contributed by atoms with van der Waals surface area (Å²) in [7, 11) is 2.39. The Morgan fingerprint density at radius 1 is 1.17 bits per heavy atom. The van der Waals surface area contributed by atoms with Crippen molar-refractivity contribution in [3.05, 3.63) is 23.4 Å². The van der Waals surface area contributed by atoms with Gasteiger partial charge < -0.3 is 15.5 Å². The zero-order chi connectivity index (χ0) is 15.9. The molecule has 4 N–H and O–H groups in total. The highest BCUT2D eigenvalue weighted by Crippen LogP contribution is 2.25. The third-order valence-corrected chi connectivity index (χ3v) is 5.80. The Morgan fingerprint density at radius 3 is 2.83 bits per heavy atom. The number of nitrogens with one attached hydrogen (secondary N) is 2. The molecule has 0 aromatic carbocycles. The monoisotopic (exact) mass is 315 g/mol. The van der Waals surface area contributed by atoms with Crippen molar-refractivity contribution in [1.29, 1.82) is 0 Å². The lowest BCUT2D eigenvalue weighted by Crippen LogP contribution is -2.50. The first-order valence-electron chi connectivity index (χ1n) is 9.08. The lowest BCUT2D eigenvalue weighted by Gasteiger charge is -2.37. The van der Waals surface area contributed by atoms with Gasteiger partial charge in [0.1, 0.15) is 0 Å². The summed E-state index contributed by atoms with van der Waals surface area (Å²) in [6.07, 6.45) is 7.72. The summed E-state index contributed by atoms with van der Waals surface area (Å²) in [6, 6.07) is 4.39. The van der Waals surface area contributed by atoms with Crippen molar-refractivity contribution in [2.45, 2.75) is 38.5 Å². The highest BCUT2D eigenvalue weighted by molar-refractivity contribution is 5.77. The van der Waals surface area contributed by atoms with Gasteiger partial charge in [-0.3, -0.25) is 0 Å². The number of quaternary nitrogens is 1. The number of anilines is 2. The number of pyridine rings is 1. The molecule has 0 amide bonds. The highest BCUT2D eigenvalue weighted by atomic mass is 15.3. The molecule has 0 unspecified atom stereocenters. The number of likely N-dealkylation sites (N-methyl/N-ethyl adjacent to an activating group) is 1.